The molecular weight excluding hydrogens is 248 g/mol. The molecule has 2 nitrogen and oxygen atoms in total. The Morgan fingerprint density at radius 2 is 2.10 bits per heavy atom. The van der Waals surface area contributed by atoms with Crippen molar-refractivity contribution in [2.75, 3.05) is 7.11 Å². The molecular formula is C18H32O2. The zero-order valence-electron chi connectivity index (χ0n) is 13.4. The SMILES string of the molecule is CCC(CCCCC1CCC2CC(=O)CCCC12)OC. The van der Waals surface area contributed by atoms with Gasteiger partial charge in [0.25, 0.3) is 0 Å². The number of Topliss-reactive ketones (excluding diaryl/α,β-unsaturated/α-hetero) is 1. The van der Waals surface area contributed by atoms with Crippen LogP contribution in [0.2, 0.25) is 0 Å². The van der Waals surface area contributed by atoms with Gasteiger partial charge in [0.15, 0.2) is 0 Å². The van der Waals surface area contributed by atoms with Gasteiger partial charge in [-0.15, -0.1) is 0 Å². The van der Waals surface area contributed by atoms with E-state index < -0.39 is 0 Å². The number of methoxy groups -OCH3 is 1. The van der Waals surface area contributed by atoms with Gasteiger partial charge in [-0.3, -0.25) is 4.79 Å². The summed E-state index contributed by atoms with van der Waals surface area (Å²) < 4.78 is 5.45. The molecule has 0 bridgehead atoms. The summed E-state index contributed by atoms with van der Waals surface area (Å²) in [5.74, 6) is 3.04. The second kappa shape index (κ2) is 8.17. The Hall–Kier alpha value is -0.370. The zero-order chi connectivity index (χ0) is 14.4. The lowest BCUT2D eigenvalue weighted by molar-refractivity contribution is -0.119. The molecule has 0 aromatic rings. The molecule has 0 heterocycles. The number of hydrogen-bond acceptors (Lipinski definition) is 2. The number of fused-ring (bicyclic) bond motifs is 1. The maximum absolute atomic E-state index is 11.7. The first-order valence-corrected chi connectivity index (χ1v) is 8.79. The highest BCUT2D eigenvalue weighted by molar-refractivity contribution is 5.78. The second-order valence-corrected chi connectivity index (χ2v) is 6.95. The Bertz CT molecular complexity index is 296. The van der Waals surface area contributed by atoms with E-state index in [0.717, 1.165) is 43.4 Å². The van der Waals surface area contributed by atoms with Crippen LogP contribution in [0.4, 0.5) is 0 Å². The van der Waals surface area contributed by atoms with Crippen LogP contribution in [-0.2, 0) is 9.53 Å². The highest BCUT2D eigenvalue weighted by atomic mass is 16.5. The summed E-state index contributed by atoms with van der Waals surface area (Å²) in [6.45, 7) is 2.21. The van der Waals surface area contributed by atoms with Crippen molar-refractivity contribution in [2.45, 2.75) is 83.7 Å². The van der Waals surface area contributed by atoms with Crippen LogP contribution >= 0.6 is 0 Å². The van der Waals surface area contributed by atoms with Gasteiger partial charge in [-0.25, -0.2) is 0 Å². The van der Waals surface area contributed by atoms with E-state index in [1.165, 1.54) is 44.9 Å². The van der Waals surface area contributed by atoms with Crippen molar-refractivity contribution in [3.8, 4) is 0 Å². The molecule has 2 fully saturated rings. The van der Waals surface area contributed by atoms with E-state index >= 15 is 0 Å². The van der Waals surface area contributed by atoms with Crippen LogP contribution < -0.4 is 0 Å². The third-order valence-electron chi connectivity index (χ3n) is 5.74. The van der Waals surface area contributed by atoms with E-state index in [1.807, 2.05) is 7.11 Å². The molecule has 2 aliphatic rings. The Morgan fingerprint density at radius 3 is 2.85 bits per heavy atom. The van der Waals surface area contributed by atoms with Crippen LogP contribution in [0.1, 0.15) is 77.6 Å². The predicted molar refractivity (Wildman–Crippen MR) is 82.7 cm³/mol. The predicted octanol–water partition coefficient (Wildman–Crippen LogP) is 4.76. The topological polar surface area (TPSA) is 26.3 Å². The van der Waals surface area contributed by atoms with Gasteiger partial charge in [0.2, 0.25) is 0 Å². The van der Waals surface area contributed by atoms with E-state index in [1.54, 1.807) is 0 Å². The summed E-state index contributed by atoms with van der Waals surface area (Å²) in [6.07, 6.45) is 13.8. The van der Waals surface area contributed by atoms with E-state index in [9.17, 15) is 4.79 Å². The van der Waals surface area contributed by atoms with Crippen LogP contribution in [-0.4, -0.2) is 19.0 Å². The van der Waals surface area contributed by atoms with Crippen LogP contribution in [0.25, 0.3) is 0 Å². The Balaban J connectivity index is 1.70. The van der Waals surface area contributed by atoms with Gasteiger partial charge >= 0.3 is 0 Å². The number of unbranched alkanes of at least 4 members (excludes halogenated alkanes) is 1. The number of ether oxygens (including phenoxy) is 1. The maximum Gasteiger partial charge on any atom is 0.133 e. The summed E-state index contributed by atoms with van der Waals surface area (Å²) in [5, 5.41) is 0. The lowest BCUT2D eigenvalue weighted by atomic mass is 9.83. The van der Waals surface area contributed by atoms with Crippen molar-refractivity contribution in [1.82, 2.24) is 0 Å². The number of carbonyl (C=O) groups is 1. The molecule has 2 heteroatoms. The molecule has 0 aromatic carbocycles. The lowest BCUT2D eigenvalue weighted by Gasteiger charge is -2.22. The van der Waals surface area contributed by atoms with E-state index in [2.05, 4.69) is 6.92 Å². The van der Waals surface area contributed by atoms with Crippen molar-refractivity contribution in [1.29, 1.82) is 0 Å². The Kier molecular flexibility index (Phi) is 6.54. The number of carbonyl (C=O) groups excluding carboxylic acids is 1. The van der Waals surface area contributed by atoms with Gasteiger partial charge in [0.05, 0.1) is 6.10 Å². The minimum Gasteiger partial charge on any atom is -0.381 e. The monoisotopic (exact) mass is 280 g/mol. The van der Waals surface area contributed by atoms with Crippen molar-refractivity contribution in [3.05, 3.63) is 0 Å². The minimum absolute atomic E-state index is 0.460. The van der Waals surface area contributed by atoms with E-state index in [0.29, 0.717) is 11.9 Å². The summed E-state index contributed by atoms with van der Waals surface area (Å²) in [5.41, 5.74) is 0. The van der Waals surface area contributed by atoms with Crippen LogP contribution in [0, 0.1) is 17.8 Å². The van der Waals surface area contributed by atoms with Crippen molar-refractivity contribution in [2.24, 2.45) is 17.8 Å². The highest BCUT2D eigenvalue weighted by Crippen LogP contribution is 2.46. The summed E-state index contributed by atoms with van der Waals surface area (Å²) in [4.78, 5) is 11.7. The highest BCUT2D eigenvalue weighted by Gasteiger charge is 2.37. The van der Waals surface area contributed by atoms with Gasteiger partial charge in [-0.1, -0.05) is 26.2 Å². The summed E-state index contributed by atoms with van der Waals surface area (Å²) >= 11 is 0. The molecule has 2 saturated carbocycles. The van der Waals surface area contributed by atoms with Gasteiger partial charge in [-0.2, -0.15) is 0 Å². The molecule has 116 valence electrons. The molecule has 20 heavy (non-hydrogen) atoms. The minimum atomic E-state index is 0.460. The van der Waals surface area contributed by atoms with E-state index in [4.69, 9.17) is 4.74 Å². The van der Waals surface area contributed by atoms with Crippen molar-refractivity contribution >= 4 is 5.78 Å². The molecule has 4 unspecified atom stereocenters. The molecule has 0 amide bonds. The fourth-order valence-corrected chi connectivity index (χ4v) is 4.52. The molecule has 2 rings (SSSR count). The number of hydrogen-bond donors (Lipinski definition) is 0. The Labute approximate surface area is 124 Å². The first kappa shape index (κ1) is 16.0. The molecule has 0 saturated heterocycles. The first-order chi connectivity index (χ1) is 9.74. The molecule has 0 spiro atoms. The lowest BCUT2D eigenvalue weighted by Crippen LogP contribution is -2.15. The summed E-state index contributed by atoms with van der Waals surface area (Å²) in [6, 6.07) is 0. The maximum atomic E-state index is 11.7. The van der Waals surface area contributed by atoms with Crippen LogP contribution in [0.15, 0.2) is 0 Å². The fourth-order valence-electron chi connectivity index (χ4n) is 4.52. The third-order valence-corrected chi connectivity index (χ3v) is 5.74. The average molecular weight is 280 g/mol. The zero-order valence-corrected chi connectivity index (χ0v) is 13.4. The quantitative estimate of drug-likeness (QED) is 0.629. The van der Waals surface area contributed by atoms with Gasteiger partial charge in [-0.05, 0) is 56.3 Å². The standard InChI is InChI=1S/C18H32O2/c1-3-17(20-2)9-5-4-7-14-11-12-15-13-16(19)8-6-10-18(14)15/h14-15,17-18H,3-13H2,1-2H3. The third kappa shape index (κ3) is 4.31. The molecule has 4 atom stereocenters. The fraction of sp³-hybridized carbons (Fsp3) is 0.944. The van der Waals surface area contributed by atoms with Crippen molar-refractivity contribution in [3.63, 3.8) is 0 Å². The molecule has 2 aliphatic carbocycles. The van der Waals surface area contributed by atoms with Gasteiger partial charge in [0.1, 0.15) is 5.78 Å². The normalized spacial score (nSPS) is 31.9. The molecule has 0 radical (unpaired) electrons. The van der Waals surface area contributed by atoms with E-state index in [-0.39, 0.29) is 0 Å². The molecule has 0 aliphatic heterocycles. The number of ketones is 1. The molecule has 0 aromatic heterocycles. The molecule has 0 N–H and O–H groups in total. The van der Waals surface area contributed by atoms with Crippen molar-refractivity contribution < 1.29 is 9.53 Å². The van der Waals surface area contributed by atoms with Gasteiger partial charge in [0, 0.05) is 20.0 Å². The average Bonchev–Trinajstić information content (AvgIpc) is 2.71. The number of rotatable bonds is 7. The second-order valence-electron chi connectivity index (χ2n) is 6.95. The largest absolute Gasteiger partial charge is 0.381 e. The van der Waals surface area contributed by atoms with Crippen LogP contribution in [0.3, 0.4) is 0 Å². The first-order valence-electron chi connectivity index (χ1n) is 8.79. The van der Waals surface area contributed by atoms with Crippen LogP contribution in [0.5, 0.6) is 0 Å². The van der Waals surface area contributed by atoms with Gasteiger partial charge < -0.3 is 4.74 Å². The summed E-state index contributed by atoms with van der Waals surface area (Å²) in [7, 11) is 1.83. The Morgan fingerprint density at radius 1 is 1.25 bits per heavy atom. The smallest absolute Gasteiger partial charge is 0.133 e.